The minimum absolute atomic E-state index is 0.345. The second-order valence-corrected chi connectivity index (χ2v) is 5.99. The molecule has 1 aromatic heterocycles. The summed E-state index contributed by atoms with van der Waals surface area (Å²) in [5, 5.41) is 3.08. The van der Waals surface area contributed by atoms with Crippen molar-refractivity contribution in [3.63, 3.8) is 0 Å². The Kier molecular flexibility index (Phi) is 5.70. The fourth-order valence-electron chi connectivity index (χ4n) is 1.78. The van der Waals surface area contributed by atoms with Crippen LogP contribution in [0.2, 0.25) is 0 Å². The SMILES string of the molecule is CCOc1ccc2nc(NC(=O)COC(=O)C=C(C)C)sc2c1. The molecular weight excluding hydrogens is 316 g/mol. The first-order valence-electron chi connectivity index (χ1n) is 7.13. The molecule has 1 N–H and O–H groups in total. The van der Waals surface area contributed by atoms with Crippen molar-refractivity contribution in [1.29, 1.82) is 0 Å². The van der Waals surface area contributed by atoms with E-state index in [0.29, 0.717) is 11.7 Å². The number of aromatic nitrogens is 1. The molecule has 2 rings (SSSR count). The van der Waals surface area contributed by atoms with Crippen molar-refractivity contribution in [2.24, 2.45) is 0 Å². The van der Waals surface area contributed by atoms with Gasteiger partial charge in [0, 0.05) is 6.08 Å². The Bertz CT molecular complexity index is 748. The number of amides is 1. The third-order valence-electron chi connectivity index (χ3n) is 2.67. The van der Waals surface area contributed by atoms with Crippen LogP contribution in [0.5, 0.6) is 5.75 Å². The zero-order valence-electron chi connectivity index (χ0n) is 13.2. The monoisotopic (exact) mass is 334 g/mol. The summed E-state index contributed by atoms with van der Waals surface area (Å²) >= 11 is 1.34. The van der Waals surface area contributed by atoms with Gasteiger partial charge in [0.05, 0.1) is 16.8 Å². The number of allylic oxidation sites excluding steroid dienone is 1. The molecule has 23 heavy (non-hydrogen) atoms. The molecule has 0 aliphatic rings. The molecule has 0 bridgehead atoms. The van der Waals surface area contributed by atoms with E-state index in [0.717, 1.165) is 21.5 Å². The van der Waals surface area contributed by atoms with Gasteiger partial charge in [-0.05, 0) is 39.0 Å². The van der Waals surface area contributed by atoms with Crippen LogP contribution in [0.3, 0.4) is 0 Å². The molecule has 0 saturated heterocycles. The lowest BCUT2D eigenvalue weighted by molar-refractivity contribution is -0.142. The highest BCUT2D eigenvalue weighted by molar-refractivity contribution is 7.22. The van der Waals surface area contributed by atoms with E-state index in [1.807, 2.05) is 25.1 Å². The van der Waals surface area contributed by atoms with Crippen molar-refractivity contribution in [3.05, 3.63) is 29.8 Å². The second-order valence-electron chi connectivity index (χ2n) is 4.96. The van der Waals surface area contributed by atoms with Crippen LogP contribution in [-0.4, -0.2) is 30.1 Å². The van der Waals surface area contributed by atoms with E-state index in [1.165, 1.54) is 17.4 Å². The van der Waals surface area contributed by atoms with Crippen LogP contribution in [0.1, 0.15) is 20.8 Å². The molecule has 0 aliphatic carbocycles. The standard InChI is InChI=1S/C16H18N2O4S/c1-4-21-11-5-6-12-13(8-11)23-16(17-12)18-14(19)9-22-15(20)7-10(2)3/h5-8H,4,9H2,1-3H3,(H,17,18,19). The Morgan fingerprint density at radius 2 is 2.13 bits per heavy atom. The number of hydrogen-bond donors (Lipinski definition) is 1. The first-order valence-corrected chi connectivity index (χ1v) is 7.94. The number of hydrogen-bond acceptors (Lipinski definition) is 6. The highest BCUT2D eigenvalue weighted by atomic mass is 32.1. The molecule has 0 atom stereocenters. The minimum Gasteiger partial charge on any atom is -0.494 e. The van der Waals surface area contributed by atoms with Crippen LogP contribution in [0.25, 0.3) is 10.2 Å². The van der Waals surface area contributed by atoms with Gasteiger partial charge in [-0.25, -0.2) is 9.78 Å². The molecule has 0 unspecified atom stereocenters. The molecule has 0 fully saturated rings. The zero-order chi connectivity index (χ0) is 16.8. The number of rotatable bonds is 6. The molecule has 0 aliphatic heterocycles. The van der Waals surface area contributed by atoms with E-state index in [2.05, 4.69) is 10.3 Å². The van der Waals surface area contributed by atoms with Crippen LogP contribution < -0.4 is 10.1 Å². The zero-order valence-corrected chi connectivity index (χ0v) is 14.0. The molecular formula is C16H18N2O4S. The molecule has 1 amide bonds. The minimum atomic E-state index is -0.536. The van der Waals surface area contributed by atoms with E-state index < -0.39 is 11.9 Å². The molecule has 1 heterocycles. The number of esters is 1. The van der Waals surface area contributed by atoms with Crippen LogP contribution >= 0.6 is 11.3 Å². The number of anilines is 1. The van der Waals surface area contributed by atoms with E-state index in [1.54, 1.807) is 13.8 Å². The first kappa shape index (κ1) is 17.0. The van der Waals surface area contributed by atoms with Crippen molar-refractivity contribution in [1.82, 2.24) is 4.98 Å². The number of nitrogens with zero attached hydrogens (tertiary/aromatic N) is 1. The summed E-state index contributed by atoms with van der Waals surface area (Å²) in [6.07, 6.45) is 1.33. The van der Waals surface area contributed by atoms with Gasteiger partial charge in [-0.3, -0.25) is 10.1 Å². The van der Waals surface area contributed by atoms with Crippen molar-refractivity contribution in [2.45, 2.75) is 20.8 Å². The molecule has 0 spiro atoms. The van der Waals surface area contributed by atoms with Gasteiger partial charge in [0.15, 0.2) is 11.7 Å². The molecule has 6 nitrogen and oxygen atoms in total. The Morgan fingerprint density at radius 3 is 2.83 bits per heavy atom. The fourth-order valence-corrected chi connectivity index (χ4v) is 2.69. The van der Waals surface area contributed by atoms with E-state index in [4.69, 9.17) is 9.47 Å². The molecule has 0 saturated carbocycles. The normalized spacial score (nSPS) is 10.2. The highest BCUT2D eigenvalue weighted by Gasteiger charge is 2.10. The summed E-state index contributed by atoms with van der Waals surface area (Å²) in [6.45, 7) is 5.71. The van der Waals surface area contributed by atoms with Gasteiger partial charge in [0.1, 0.15) is 5.75 Å². The summed E-state index contributed by atoms with van der Waals surface area (Å²) in [6, 6.07) is 5.54. The van der Waals surface area contributed by atoms with Gasteiger partial charge in [-0.2, -0.15) is 0 Å². The average molecular weight is 334 g/mol. The van der Waals surface area contributed by atoms with Crippen LogP contribution in [-0.2, 0) is 14.3 Å². The second kappa shape index (κ2) is 7.73. The van der Waals surface area contributed by atoms with E-state index >= 15 is 0 Å². The number of ether oxygens (including phenoxy) is 2. The third-order valence-corrected chi connectivity index (χ3v) is 3.60. The first-order chi connectivity index (χ1) is 11.0. The van der Waals surface area contributed by atoms with Gasteiger partial charge < -0.3 is 9.47 Å². The van der Waals surface area contributed by atoms with Crippen LogP contribution in [0, 0.1) is 0 Å². The van der Waals surface area contributed by atoms with Crippen molar-refractivity contribution < 1.29 is 19.1 Å². The quantitative estimate of drug-likeness (QED) is 0.648. The van der Waals surface area contributed by atoms with Crippen LogP contribution in [0.4, 0.5) is 5.13 Å². The maximum absolute atomic E-state index is 11.8. The van der Waals surface area contributed by atoms with Gasteiger partial charge in [0.25, 0.3) is 5.91 Å². The Labute approximate surface area is 138 Å². The predicted octanol–water partition coefficient (Wildman–Crippen LogP) is 3.14. The molecule has 7 heteroatoms. The number of carbonyl (C=O) groups is 2. The molecule has 122 valence electrons. The van der Waals surface area contributed by atoms with Crippen molar-refractivity contribution >= 4 is 38.6 Å². The highest BCUT2D eigenvalue weighted by Crippen LogP contribution is 2.29. The average Bonchev–Trinajstić information content (AvgIpc) is 2.86. The van der Waals surface area contributed by atoms with Gasteiger partial charge in [0.2, 0.25) is 0 Å². The topological polar surface area (TPSA) is 77.5 Å². The molecule has 0 radical (unpaired) electrons. The lowest BCUT2D eigenvalue weighted by Gasteiger charge is -2.02. The predicted molar refractivity (Wildman–Crippen MR) is 89.8 cm³/mol. The summed E-state index contributed by atoms with van der Waals surface area (Å²) in [4.78, 5) is 27.4. The lowest BCUT2D eigenvalue weighted by atomic mass is 10.3. The Morgan fingerprint density at radius 1 is 1.35 bits per heavy atom. The Hall–Kier alpha value is -2.41. The third kappa shape index (κ3) is 5.07. The van der Waals surface area contributed by atoms with Crippen molar-refractivity contribution in [2.75, 3.05) is 18.5 Å². The Balaban J connectivity index is 1.97. The van der Waals surface area contributed by atoms with Crippen molar-refractivity contribution in [3.8, 4) is 5.75 Å². The summed E-state index contributed by atoms with van der Waals surface area (Å²) in [5.74, 6) is -0.201. The van der Waals surface area contributed by atoms with Gasteiger partial charge in [-0.1, -0.05) is 16.9 Å². The number of benzene rings is 1. The summed E-state index contributed by atoms with van der Waals surface area (Å²) in [5.41, 5.74) is 1.59. The van der Waals surface area contributed by atoms with Crippen LogP contribution in [0.15, 0.2) is 29.8 Å². The number of thiazole rings is 1. The summed E-state index contributed by atoms with van der Waals surface area (Å²) < 4.78 is 11.2. The van der Waals surface area contributed by atoms with E-state index in [-0.39, 0.29) is 6.61 Å². The molecule has 1 aromatic carbocycles. The van der Waals surface area contributed by atoms with E-state index in [9.17, 15) is 9.59 Å². The maximum atomic E-state index is 11.8. The van der Waals surface area contributed by atoms with Gasteiger partial charge in [-0.15, -0.1) is 0 Å². The largest absolute Gasteiger partial charge is 0.494 e. The number of nitrogens with one attached hydrogen (secondary N) is 1. The number of carbonyl (C=O) groups excluding carboxylic acids is 2. The maximum Gasteiger partial charge on any atom is 0.331 e. The number of fused-ring (bicyclic) bond motifs is 1. The molecule has 2 aromatic rings. The van der Waals surface area contributed by atoms with Gasteiger partial charge >= 0.3 is 5.97 Å². The summed E-state index contributed by atoms with van der Waals surface area (Å²) in [7, 11) is 0. The lowest BCUT2D eigenvalue weighted by Crippen LogP contribution is -2.20. The fraction of sp³-hybridized carbons (Fsp3) is 0.312. The smallest absolute Gasteiger partial charge is 0.331 e.